The number of nitrogens with one attached hydrogen (secondary N) is 1. The van der Waals surface area contributed by atoms with E-state index in [-0.39, 0.29) is 18.1 Å². The molecule has 0 spiro atoms. The maximum Gasteiger partial charge on any atom is 0.340 e. The molecule has 3 heterocycles. The van der Waals surface area contributed by atoms with Crippen LogP contribution in [-0.2, 0) is 4.74 Å². The minimum Gasteiger partial charge on any atom is -0.462 e. The number of nitrogen functional groups attached to an aromatic ring is 1. The van der Waals surface area contributed by atoms with Crippen LogP contribution < -0.4 is 5.84 Å². The number of H-pyrrole nitrogens is 1. The van der Waals surface area contributed by atoms with Crippen molar-refractivity contribution in [3.8, 4) is 11.6 Å². The number of hydrogen-bond acceptors (Lipinski definition) is 8. The number of ketones is 1. The number of carbonyl (C=O) groups excluding carboxylic acids is 2. The number of nitrogens with zero attached hydrogens (tertiary/aromatic N) is 3. The maximum absolute atomic E-state index is 12.6. The summed E-state index contributed by atoms with van der Waals surface area (Å²) < 4.78 is 11.6. The van der Waals surface area contributed by atoms with Crippen molar-refractivity contribution in [3.63, 3.8) is 0 Å². The molecule has 0 unspecified atom stereocenters. The first-order valence-corrected chi connectivity index (χ1v) is 9.19. The maximum atomic E-state index is 12.6. The highest BCUT2D eigenvalue weighted by atomic mass is 32.2. The van der Waals surface area contributed by atoms with Crippen LogP contribution in [-0.4, -0.2) is 44.0 Å². The molecule has 10 heteroatoms. The van der Waals surface area contributed by atoms with Crippen molar-refractivity contribution in [1.82, 2.24) is 19.9 Å². The zero-order valence-corrected chi connectivity index (χ0v) is 15.9. The van der Waals surface area contributed by atoms with Crippen molar-refractivity contribution in [3.05, 3.63) is 40.9 Å². The number of carbonyl (C=O) groups is 2. The average Bonchev–Trinajstić information content (AvgIpc) is 3.33. The fourth-order valence-corrected chi connectivity index (χ4v) is 3.42. The molecule has 0 aromatic carbocycles. The Kier molecular flexibility index (Phi) is 5.36. The Morgan fingerprint density at radius 3 is 2.81 bits per heavy atom. The van der Waals surface area contributed by atoms with Gasteiger partial charge in [0, 0.05) is 5.69 Å². The number of Topliss-reactive ketones (excluding diaryl/α,β-unsaturated/α-hetero) is 1. The van der Waals surface area contributed by atoms with Gasteiger partial charge in [-0.2, -0.15) is 0 Å². The Balaban J connectivity index is 1.74. The summed E-state index contributed by atoms with van der Waals surface area (Å²) in [7, 11) is 0. The predicted molar refractivity (Wildman–Crippen MR) is 99.2 cm³/mol. The lowest BCUT2D eigenvalue weighted by molar-refractivity contribution is 0.0525. The van der Waals surface area contributed by atoms with Crippen LogP contribution in [0.4, 0.5) is 0 Å². The lowest BCUT2D eigenvalue weighted by atomic mass is 10.1. The van der Waals surface area contributed by atoms with Gasteiger partial charge in [-0.1, -0.05) is 11.8 Å². The topological polar surface area (TPSA) is 129 Å². The minimum atomic E-state index is -0.444. The predicted octanol–water partition coefficient (Wildman–Crippen LogP) is 2.35. The van der Waals surface area contributed by atoms with Crippen LogP contribution in [0.5, 0.6) is 0 Å². The van der Waals surface area contributed by atoms with Crippen molar-refractivity contribution < 1.29 is 18.7 Å². The fourth-order valence-electron chi connectivity index (χ4n) is 2.69. The number of furan rings is 1. The van der Waals surface area contributed by atoms with Crippen molar-refractivity contribution in [1.29, 1.82) is 0 Å². The number of rotatable bonds is 7. The molecule has 0 radical (unpaired) electrons. The van der Waals surface area contributed by atoms with E-state index in [1.807, 2.05) is 0 Å². The van der Waals surface area contributed by atoms with Gasteiger partial charge in [0.2, 0.25) is 11.0 Å². The van der Waals surface area contributed by atoms with E-state index >= 15 is 0 Å². The highest BCUT2D eigenvalue weighted by Crippen LogP contribution is 2.24. The molecule has 3 N–H and O–H groups in total. The zero-order valence-electron chi connectivity index (χ0n) is 15.1. The van der Waals surface area contributed by atoms with E-state index in [9.17, 15) is 9.59 Å². The van der Waals surface area contributed by atoms with E-state index in [1.54, 1.807) is 32.9 Å². The van der Waals surface area contributed by atoms with Gasteiger partial charge in [0.25, 0.3) is 0 Å². The number of aromatic amines is 1. The molecule has 9 nitrogen and oxygen atoms in total. The van der Waals surface area contributed by atoms with E-state index in [4.69, 9.17) is 15.0 Å². The molecule has 0 aliphatic carbocycles. The van der Waals surface area contributed by atoms with Gasteiger partial charge in [-0.15, -0.1) is 10.2 Å². The first-order valence-electron chi connectivity index (χ1n) is 8.20. The lowest BCUT2D eigenvalue weighted by Crippen LogP contribution is -2.13. The first kappa shape index (κ1) is 18.8. The van der Waals surface area contributed by atoms with Gasteiger partial charge in [0.1, 0.15) is 0 Å². The monoisotopic (exact) mass is 389 g/mol. The van der Waals surface area contributed by atoms with Gasteiger partial charge in [0.05, 0.1) is 29.9 Å². The van der Waals surface area contributed by atoms with Crippen LogP contribution in [0.2, 0.25) is 0 Å². The molecule has 3 aromatic heterocycles. The van der Waals surface area contributed by atoms with E-state index in [2.05, 4.69) is 15.2 Å². The summed E-state index contributed by atoms with van der Waals surface area (Å²) >= 11 is 1.15. The number of nitrogens with two attached hydrogens (primary N) is 1. The molecule has 0 bridgehead atoms. The van der Waals surface area contributed by atoms with E-state index in [0.29, 0.717) is 39.3 Å². The second kappa shape index (κ2) is 7.70. The molecular weight excluding hydrogens is 370 g/mol. The van der Waals surface area contributed by atoms with Crippen LogP contribution >= 0.6 is 11.8 Å². The molecule has 0 aliphatic heterocycles. The molecule has 142 valence electrons. The zero-order chi connectivity index (χ0) is 19.6. The summed E-state index contributed by atoms with van der Waals surface area (Å²) in [6.45, 7) is 5.45. The SMILES string of the molecule is CCOC(=O)c1c(C)[nH]c(C(=O)CSc2nnc(-c3ccco3)n2N)c1C. The Labute approximate surface area is 159 Å². The highest BCUT2D eigenvalue weighted by Gasteiger charge is 2.23. The molecule has 0 saturated carbocycles. The number of ether oxygens (including phenoxy) is 1. The quantitative estimate of drug-likeness (QED) is 0.273. The number of hydrogen-bond donors (Lipinski definition) is 2. The average molecular weight is 389 g/mol. The van der Waals surface area contributed by atoms with Gasteiger partial charge >= 0.3 is 5.97 Å². The minimum absolute atomic E-state index is 0.0799. The Bertz CT molecular complexity index is 974. The van der Waals surface area contributed by atoms with Crippen molar-refractivity contribution in [2.45, 2.75) is 25.9 Å². The van der Waals surface area contributed by atoms with Crippen LogP contribution in [0.3, 0.4) is 0 Å². The van der Waals surface area contributed by atoms with E-state index in [1.165, 1.54) is 10.9 Å². The highest BCUT2D eigenvalue weighted by molar-refractivity contribution is 7.99. The van der Waals surface area contributed by atoms with Crippen LogP contribution in [0.15, 0.2) is 28.0 Å². The second-order valence-electron chi connectivity index (χ2n) is 5.71. The van der Waals surface area contributed by atoms with Crippen molar-refractivity contribution in [2.24, 2.45) is 0 Å². The Morgan fingerprint density at radius 2 is 2.15 bits per heavy atom. The third kappa shape index (κ3) is 3.61. The number of thioether (sulfide) groups is 1. The fraction of sp³-hybridized carbons (Fsp3) is 0.294. The standard InChI is InChI=1S/C17H19N5O4S/c1-4-25-16(24)13-9(2)14(19-10(13)3)11(23)8-27-17-21-20-15(22(17)18)12-6-5-7-26-12/h5-7,19H,4,8,18H2,1-3H3. The molecule has 3 rings (SSSR count). The van der Waals surface area contributed by atoms with E-state index in [0.717, 1.165) is 11.8 Å². The molecular formula is C17H19N5O4S. The largest absolute Gasteiger partial charge is 0.462 e. The van der Waals surface area contributed by atoms with Gasteiger partial charge in [0.15, 0.2) is 11.5 Å². The van der Waals surface area contributed by atoms with Crippen LogP contribution in [0.25, 0.3) is 11.6 Å². The molecule has 0 aliphatic rings. The number of aryl methyl sites for hydroxylation is 1. The molecule has 0 amide bonds. The summed E-state index contributed by atoms with van der Waals surface area (Å²) in [5.74, 6) is 6.29. The van der Waals surface area contributed by atoms with Crippen LogP contribution in [0, 0.1) is 13.8 Å². The van der Waals surface area contributed by atoms with Crippen molar-refractivity contribution in [2.75, 3.05) is 18.2 Å². The first-order chi connectivity index (χ1) is 12.9. The summed E-state index contributed by atoms with van der Waals surface area (Å²) in [5.41, 5.74) is 1.94. The van der Waals surface area contributed by atoms with Crippen molar-refractivity contribution >= 4 is 23.5 Å². The van der Waals surface area contributed by atoms with Crippen LogP contribution in [0.1, 0.15) is 39.0 Å². The molecule has 0 fully saturated rings. The van der Waals surface area contributed by atoms with E-state index < -0.39 is 5.97 Å². The molecule has 3 aromatic rings. The summed E-state index contributed by atoms with van der Waals surface area (Å²) in [5, 5.41) is 8.35. The second-order valence-corrected chi connectivity index (χ2v) is 6.65. The summed E-state index contributed by atoms with van der Waals surface area (Å²) in [6, 6.07) is 3.44. The third-order valence-electron chi connectivity index (χ3n) is 3.93. The summed E-state index contributed by atoms with van der Waals surface area (Å²) in [6.07, 6.45) is 1.51. The van der Waals surface area contributed by atoms with Gasteiger partial charge in [-0.05, 0) is 38.5 Å². The van der Waals surface area contributed by atoms with Gasteiger partial charge < -0.3 is 20.0 Å². The smallest absolute Gasteiger partial charge is 0.340 e. The Hall–Kier alpha value is -3.01. The number of esters is 1. The molecule has 27 heavy (non-hydrogen) atoms. The van der Waals surface area contributed by atoms with Gasteiger partial charge in [-0.3, -0.25) is 4.79 Å². The lowest BCUT2D eigenvalue weighted by Gasteiger charge is -2.03. The molecule has 0 atom stereocenters. The normalized spacial score (nSPS) is 10.9. The number of aromatic nitrogens is 4. The molecule has 0 saturated heterocycles. The third-order valence-corrected chi connectivity index (χ3v) is 4.88. The van der Waals surface area contributed by atoms with Gasteiger partial charge in [-0.25, -0.2) is 9.47 Å². The summed E-state index contributed by atoms with van der Waals surface area (Å²) in [4.78, 5) is 27.6. The Morgan fingerprint density at radius 1 is 1.37 bits per heavy atom.